The lowest BCUT2D eigenvalue weighted by Gasteiger charge is -2.00. The summed E-state index contributed by atoms with van der Waals surface area (Å²) < 4.78 is 1.39. The summed E-state index contributed by atoms with van der Waals surface area (Å²) in [4.78, 5) is 4.53. The predicted molar refractivity (Wildman–Crippen MR) is 73.4 cm³/mol. The van der Waals surface area contributed by atoms with Crippen LogP contribution >= 0.6 is 43.9 Å². The summed E-state index contributed by atoms with van der Waals surface area (Å²) in [5.74, 6) is 0. The Hall–Kier alpha value is -0.350. The van der Waals surface area contributed by atoms with Gasteiger partial charge in [-0.3, -0.25) is 0 Å². The Labute approximate surface area is 111 Å². The van der Waals surface area contributed by atoms with Gasteiger partial charge in [-0.25, -0.2) is 4.99 Å². The van der Waals surface area contributed by atoms with E-state index in [-0.39, 0.29) is 0 Å². The second kappa shape index (κ2) is 4.88. The fourth-order valence-corrected chi connectivity index (χ4v) is 3.99. The van der Waals surface area contributed by atoms with Gasteiger partial charge in [-0.1, -0.05) is 56.0 Å². The van der Waals surface area contributed by atoms with E-state index in [4.69, 9.17) is 23.2 Å². The largest absolute Gasteiger partial charge is 0.235 e. The quantitative estimate of drug-likeness (QED) is 0.658. The minimum Gasteiger partial charge on any atom is -0.235 e. The third-order valence-corrected chi connectivity index (χ3v) is 5.64. The van der Waals surface area contributed by atoms with Crippen LogP contribution in [0.15, 0.2) is 23.2 Å². The second-order valence-corrected chi connectivity index (χ2v) is 6.57. The summed E-state index contributed by atoms with van der Waals surface area (Å²) >= 11 is 11.9. The molecule has 0 saturated heterocycles. The molecule has 1 nitrogen and oxygen atoms in total. The van der Waals surface area contributed by atoms with Crippen LogP contribution in [-0.4, -0.2) is 0 Å². The molecule has 1 aromatic heterocycles. The van der Waals surface area contributed by atoms with Gasteiger partial charge in [-0.15, -0.1) is 0 Å². The van der Waals surface area contributed by atoms with E-state index in [0.29, 0.717) is 9.36 Å². The number of hydrogen-bond donors (Lipinski definition) is 0. The predicted octanol–water partition coefficient (Wildman–Crippen LogP) is 4.97. The van der Waals surface area contributed by atoms with Crippen molar-refractivity contribution in [3.8, 4) is 0 Å². The van der Waals surface area contributed by atoms with E-state index in [0.717, 1.165) is 15.9 Å². The lowest BCUT2D eigenvalue weighted by molar-refractivity contribution is 1.31. The van der Waals surface area contributed by atoms with Crippen molar-refractivity contribution in [2.75, 3.05) is 0 Å². The molecule has 0 fully saturated rings. The van der Waals surface area contributed by atoms with Crippen molar-refractivity contribution < 1.29 is 0 Å². The fraction of sp³-hybridized carbons (Fsp3) is 0.182. The molecule has 0 atom stereocenters. The van der Waals surface area contributed by atoms with E-state index in [1.165, 1.54) is 26.2 Å². The lowest BCUT2D eigenvalue weighted by Crippen LogP contribution is -1.92. The van der Waals surface area contributed by atoms with Crippen molar-refractivity contribution in [2.24, 2.45) is 4.99 Å². The van der Waals surface area contributed by atoms with Gasteiger partial charge < -0.3 is 0 Å². The summed E-state index contributed by atoms with van der Waals surface area (Å²) in [6, 6.07) is 6.17. The van der Waals surface area contributed by atoms with Crippen molar-refractivity contribution in [3.05, 3.63) is 43.4 Å². The maximum Gasteiger partial charge on any atom is 0.147 e. The minimum absolute atomic E-state index is 0.553. The Morgan fingerprint density at radius 1 is 1.12 bits per heavy atom. The summed E-state index contributed by atoms with van der Waals surface area (Å²) in [5, 5.41) is 0.553. The van der Waals surface area contributed by atoms with Gasteiger partial charge in [-0.2, -0.15) is 0 Å². The summed E-state index contributed by atoms with van der Waals surface area (Å²) in [5.41, 5.74) is 3.27. The highest BCUT2D eigenvalue weighted by atomic mass is 35.5. The molecule has 84 valence electrons. The average Bonchev–Trinajstić information content (AvgIpc) is 2.55. The van der Waals surface area contributed by atoms with Crippen LogP contribution in [0.25, 0.3) is 0 Å². The molecule has 5 heteroatoms. The van der Waals surface area contributed by atoms with Gasteiger partial charge in [0.25, 0.3) is 0 Å². The number of benzene rings is 1. The molecule has 0 unspecified atom stereocenters. The van der Waals surface area contributed by atoms with Crippen molar-refractivity contribution in [1.82, 2.24) is 0 Å². The molecule has 0 N–H and O–H groups in total. The third-order valence-electron chi connectivity index (χ3n) is 2.14. The van der Waals surface area contributed by atoms with Gasteiger partial charge in [0.2, 0.25) is 0 Å². The Morgan fingerprint density at radius 3 is 2.50 bits per heavy atom. The van der Waals surface area contributed by atoms with Crippen LogP contribution < -0.4 is 4.67 Å². The highest BCUT2D eigenvalue weighted by Gasteiger charge is 2.04. The monoisotopic (exact) mass is 289 g/mol. The van der Waals surface area contributed by atoms with Crippen molar-refractivity contribution >= 4 is 49.6 Å². The van der Waals surface area contributed by atoms with E-state index in [9.17, 15) is 0 Å². The van der Waals surface area contributed by atoms with Crippen LogP contribution in [0.3, 0.4) is 0 Å². The summed E-state index contributed by atoms with van der Waals surface area (Å²) in [7, 11) is 2.94. The van der Waals surface area contributed by atoms with E-state index in [1.807, 2.05) is 19.9 Å². The van der Waals surface area contributed by atoms with Crippen molar-refractivity contribution in [3.63, 3.8) is 0 Å². The molecule has 0 radical (unpaired) electrons. The van der Waals surface area contributed by atoms with Gasteiger partial charge in [0.05, 0.1) is 5.69 Å². The third kappa shape index (κ3) is 2.48. The van der Waals surface area contributed by atoms with E-state index in [2.05, 4.69) is 17.1 Å². The zero-order valence-corrected chi connectivity index (χ0v) is 11.9. The normalized spacial score (nSPS) is 12.1. The van der Waals surface area contributed by atoms with Crippen LogP contribution in [-0.2, 0) is 0 Å². The maximum absolute atomic E-state index is 6.05. The van der Waals surface area contributed by atoms with E-state index < -0.39 is 0 Å². The summed E-state index contributed by atoms with van der Waals surface area (Å²) in [6.07, 6.45) is 0. The lowest BCUT2D eigenvalue weighted by atomic mass is 10.1. The van der Waals surface area contributed by atoms with Crippen LogP contribution in [0.2, 0.25) is 9.36 Å². The molecular formula is C11H9Cl2NS2. The first-order chi connectivity index (χ1) is 7.58. The number of aryl methyl sites for hydroxylation is 2. The minimum atomic E-state index is 0.553. The van der Waals surface area contributed by atoms with Crippen molar-refractivity contribution in [1.29, 1.82) is 0 Å². The molecule has 0 aliphatic carbocycles. The topological polar surface area (TPSA) is 12.4 Å². The number of rotatable bonds is 1. The highest BCUT2D eigenvalue weighted by molar-refractivity contribution is 7.69. The van der Waals surface area contributed by atoms with Gasteiger partial charge in [-0.05, 0) is 31.0 Å². The molecule has 2 aromatic rings. The van der Waals surface area contributed by atoms with Gasteiger partial charge >= 0.3 is 0 Å². The Kier molecular flexibility index (Phi) is 3.70. The fourth-order valence-electron chi connectivity index (χ4n) is 1.25. The molecular weight excluding hydrogens is 281 g/mol. The average molecular weight is 290 g/mol. The zero-order valence-electron chi connectivity index (χ0n) is 8.75. The Balaban J connectivity index is 2.59. The molecule has 16 heavy (non-hydrogen) atoms. The van der Waals surface area contributed by atoms with E-state index >= 15 is 0 Å². The van der Waals surface area contributed by atoms with Crippen LogP contribution in [0.1, 0.15) is 11.1 Å². The molecule has 1 heterocycles. The van der Waals surface area contributed by atoms with Crippen LogP contribution in [0, 0.1) is 13.8 Å². The van der Waals surface area contributed by atoms with Gasteiger partial charge in [0.15, 0.2) is 0 Å². The first-order valence-corrected chi connectivity index (χ1v) is 7.54. The first kappa shape index (κ1) is 12.1. The smallest absolute Gasteiger partial charge is 0.147 e. The maximum atomic E-state index is 6.05. The molecule has 2 rings (SSSR count). The molecule has 0 bridgehead atoms. The van der Waals surface area contributed by atoms with E-state index in [1.54, 1.807) is 0 Å². The molecule has 0 aliphatic rings. The van der Waals surface area contributed by atoms with Crippen LogP contribution in [0.4, 0.5) is 5.69 Å². The number of nitrogens with zero attached hydrogens (tertiary/aromatic N) is 1. The standard InChI is InChI=1S/C11H9Cl2NS2/c1-6-3-4-7(2)8(5-6)14-11-9(12)10(13)15-16-11/h3-5H,1-2H3. The molecule has 0 aliphatic heterocycles. The molecule has 0 saturated carbocycles. The SMILES string of the molecule is Cc1ccc(C)c(N=c2ssc(Cl)c2Cl)c1. The second-order valence-electron chi connectivity index (χ2n) is 3.46. The molecule has 0 spiro atoms. The van der Waals surface area contributed by atoms with Crippen molar-refractivity contribution in [2.45, 2.75) is 13.8 Å². The van der Waals surface area contributed by atoms with Crippen LogP contribution in [0.5, 0.6) is 0 Å². The molecule has 1 aromatic carbocycles. The van der Waals surface area contributed by atoms with Gasteiger partial charge in [0, 0.05) is 0 Å². The highest BCUT2D eigenvalue weighted by Crippen LogP contribution is 2.28. The Bertz CT molecular complexity index is 584. The first-order valence-electron chi connectivity index (χ1n) is 4.64. The number of halogens is 2. The zero-order chi connectivity index (χ0) is 11.7. The molecule has 0 amide bonds. The Morgan fingerprint density at radius 2 is 1.88 bits per heavy atom. The summed E-state index contributed by atoms with van der Waals surface area (Å²) in [6.45, 7) is 4.08. The van der Waals surface area contributed by atoms with Gasteiger partial charge in [0.1, 0.15) is 14.0 Å². The number of hydrogen-bond acceptors (Lipinski definition) is 3.